The van der Waals surface area contributed by atoms with Gasteiger partial charge in [0.05, 0.1) is 5.69 Å². The Morgan fingerprint density at radius 2 is 1.58 bits per heavy atom. The molecule has 0 saturated heterocycles. The second-order valence-corrected chi connectivity index (χ2v) is 3.99. The lowest BCUT2D eigenvalue weighted by molar-refractivity contribution is 1.17. The molecule has 0 aliphatic heterocycles. The quantitative estimate of drug-likeness (QED) is 0.772. The summed E-state index contributed by atoms with van der Waals surface area (Å²) in [4.78, 5) is 12.7. The summed E-state index contributed by atoms with van der Waals surface area (Å²) in [5.41, 5.74) is 2.86. The van der Waals surface area contributed by atoms with E-state index in [2.05, 4.69) is 20.3 Å². The van der Waals surface area contributed by atoms with Crippen LogP contribution in [-0.2, 0) is 0 Å². The standard InChI is InChI=1S/C15H12N4/c1-2-4-13(5-3-1)18-15-17-11-8-14(19-15)12-6-9-16-10-7-12/h1-11H,(H,17,18,19). The highest BCUT2D eigenvalue weighted by molar-refractivity contribution is 5.61. The maximum atomic E-state index is 4.49. The highest BCUT2D eigenvalue weighted by Crippen LogP contribution is 2.18. The van der Waals surface area contributed by atoms with E-state index in [1.807, 2.05) is 48.5 Å². The number of anilines is 2. The average Bonchev–Trinajstić information content (AvgIpc) is 2.49. The first kappa shape index (κ1) is 11.3. The van der Waals surface area contributed by atoms with Crippen LogP contribution in [0.25, 0.3) is 11.3 Å². The summed E-state index contributed by atoms with van der Waals surface area (Å²) in [5, 5.41) is 3.18. The van der Waals surface area contributed by atoms with Gasteiger partial charge in [-0.2, -0.15) is 0 Å². The van der Waals surface area contributed by atoms with Crippen molar-refractivity contribution in [2.45, 2.75) is 0 Å². The fourth-order valence-electron chi connectivity index (χ4n) is 1.75. The molecule has 0 atom stereocenters. The van der Waals surface area contributed by atoms with Crippen molar-refractivity contribution < 1.29 is 0 Å². The van der Waals surface area contributed by atoms with E-state index in [1.54, 1.807) is 18.6 Å². The van der Waals surface area contributed by atoms with Crippen molar-refractivity contribution >= 4 is 11.6 Å². The molecule has 1 N–H and O–H groups in total. The van der Waals surface area contributed by atoms with Crippen LogP contribution in [0.4, 0.5) is 11.6 Å². The van der Waals surface area contributed by atoms with Gasteiger partial charge in [-0.25, -0.2) is 9.97 Å². The molecule has 0 spiro atoms. The van der Waals surface area contributed by atoms with Gasteiger partial charge in [-0.1, -0.05) is 18.2 Å². The number of hydrogen-bond acceptors (Lipinski definition) is 4. The summed E-state index contributed by atoms with van der Waals surface area (Å²) in [6.07, 6.45) is 5.25. The van der Waals surface area contributed by atoms with Gasteiger partial charge in [-0.3, -0.25) is 4.98 Å². The van der Waals surface area contributed by atoms with E-state index in [4.69, 9.17) is 0 Å². The summed E-state index contributed by atoms with van der Waals surface area (Å²) in [5.74, 6) is 0.584. The zero-order chi connectivity index (χ0) is 12.9. The van der Waals surface area contributed by atoms with Gasteiger partial charge in [0.15, 0.2) is 0 Å². The molecule has 92 valence electrons. The molecular formula is C15H12N4. The third-order valence-corrected chi connectivity index (χ3v) is 2.66. The monoisotopic (exact) mass is 248 g/mol. The fourth-order valence-corrected chi connectivity index (χ4v) is 1.75. The lowest BCUT2D eigenvalue weighted by Crippen LogP contribution is -1.97. The second kappa shape index (κ2) is 5.27. The van der Waals surface area contributed by atoms with Gasteiger partial charge >= 0.3 is 0 Å². The SMILES string of the molecule is c1ccc(Nc2nccc(-c3ccncc3)n2)cc1. The van der Waals surface area contributed by atoms with Gasteiger partial charge in [0, 0.05) is 29.8 Å². The Bertz CT molecular complexity index is 653. The molecule has 19 heavy (non-hydrogen) atoms. The second-order valence-electron chi connectivity index (χ2n) is 3.99. The van der Waals surface area contributed by atoms with Crippen molar-refractivity contribution in [1.29, 1.82) is 0 Å². The van der Waals surface area contributed by atoms with Crippen LogP contribution in [-0.4, -0.2) is 15.0 Å². The summed E-state index contributed by atoms with van der Waals surface area (Å²) in [6.45, 7) is 0. The van der Waals surface area contributed by atoms with Gasteiger partial charge in [-0.15, -0.1) is 0 Å². The van der Waals surface area contributed by atoms with Crippen LogP contribution in [0.1, 0.15) is 0 Å². The molecule has 0 aliphatic carbocycles. The van der Waals surface area contributed by atoms with Gasteiger partial charge < -0.3 is 5.32 Å². The van der Waals surface area contributed by atoms with E-state index in [1.165, 1.54) is 0 Å². The minimum Gasteiger partial charge on any atom is -0.324 e. The van der Waals surface area contributed by atoms with Crippen molar-refractivity contribution in [1.82, 2.24) is 15.0 Å². The van der Waals surface area contributed by atoms with E-state index in [9.17, 15) is 0 Å². The molecule has 0 radical (unpaired) electrons. The summed E-state index contributed by atoms with van der Waals surface area (Å²) < 4.78 is 0. The Morgan fingerprint density at radius 1 is 0.789 bits per heavy atom. The Labute approximate surface area is 111 Å². The van der Waals surface area contributed by atoms with Crippen LogP contribution in [0.2, 0.25) is 0 Å². The number of aromatic nitrogens is 3. The molecule has 0 amide bonds. The lowest BCUT2D eigenvalue weighted by atomic mass is 10.2. The number of para-hydroxylation sites is 1. The topological polar surface area (TPSA) is 50.7 Å². The van der Waals surface area contributed by atoms with Crippen molar-refractivity contribution in [3.63, 3.8) is 0 Å². The van der Waals surface area contributed by atoms with Crippen LogP contribution in [0.15, 0.2) is 67.1 Å². The highest BCUT2D eigenvalue weighted by atomic mass is 15.1. The Morgan fingerprint density at radius 3 is 2.37 bits per heavy atom. The van der Waals surface area contributed by atoms with Crippen molar-refractivity contribution in [3.05, 3.63) is 67.1 Å². The highest BCUT2D eigenvalue weighted by Gasteiger charge is 2.02. The number of rotatable bonds is 3. The molecule has 0 aliphatic rings. The largest absolute Gasteiger partial charge is 0.324 e. The summed E-state index contributed by atoms with van der Waals surface area (Å²) >= 11 is 0. The third kappa shape index (κ3) is 2.74. The van der Waals surface area contributed by atoms with Gasteiger partial charge in [-0.05, 0) is 30.3 Å². The van der Waals surface area contributed by atoms with E-state index in [-0.39, 0.29) is 0 Å². The first-order chi connectivity index (χ1) is 9.42. The number of benzene rings is 1. The minimum absolute atomic E-state index is 0.584. The molecule has 3 aromatic rings. The first-order valence-electron chi connectivity index (χ1n) is 5.97. The summed E-state index contributed by atoms with van der Waals surface area (Å²) in [6, 6.07) is 15.6. The lowest BCUT2D eigenvalue weighted by Gasteiger charge is -2.06. The van der Waals surface area contributed by atoms with E-state index in [0.29, 0.717) is 5.95 Å². The Kier molecular flexibility index (Phi) is 3.14. The van der Waals surface area contributed by atoms with Gasteiger partial charge in [0.2, 0.25) is 5.95 Å². The smallest absolute Gasteiger partial charge is 0.227 e. The van der Waals surface area contributed by atoms with Gasteiger partial charge in [0.25, 0.3) is 0 Å². The average molecular weight is 248 g/mol. The molecule has 0 saturated carbocycles. The summed E-state index contributed by atoms with van der Waals surface area (Å²) in [7, 11) is 0. The van der Waals surface area contributed by atoms with Crippen molar-refractivity contribution in [2.75, 3.05) is 5.32 Å². The minimum atomic E-state index is 0.584. The predicted octanol–water partition coefficient (Wildman–Crippen LogP) is 3.28. The van der Waals surface area contributed by atoms with Crippen molar-refractivity contribution in [2.24, 2.45) is 0 Å². The van der Waals surface area contributed by atoms with E-state index >= 15 is 0 Å². The molecular weight excluding hydrogens is 236 g/mol. The normalized spacial score (nSPS) is 10.1. The molecule has 0 fully saturated rings. The molecule has 0 unspecified atom stereocenters. The fraction of sp³-hybridized carbons (Fsp3) is 0. The van der Waals surface area contributed by atoms with Crippen molar-refractivity contribution in [3.8, 4) is 11.3 Å². The van der Waals surface area contributed by atoms with E-state index in [0.717, 1.165) is 16.9 Å². The van der Waals surface area contributed by atoms with E-state index < -0.39 is 0 Å². The van der Waals surface area contributed by atoms with Crippen LogP contribution in [0, 0.1) is 0 Å². The molecule has 4 nitrogen and oxygen atoms in total. The molecule has 4 heteroatoms. The number of pyridine rings is 1. The molecule has 0 bridgehead atoms. The van der Waals surface area contributed by atoms with Crippen LogP contribution in [0.3, 0.4) is 0 Å². The Balaban J connectivity index is 1.89. The first-order valence-corrected chi connectivity index (χ1v) is 5.97. The van der Waals surface area contributed by atoms with Gasteiger partial charge in [0.1, 0.15) is 0 Å². The molecule has 2 aromatic heterocycles. The molecule has 2 heterocycles. The zero-order valence-corrected chi connectivity index (χ0v) is 10.2. The zero-order valence-electron chi connectivity index (χ0n) is 10.2. The molecule has 1 aromatic carbocycles. The van der Waals surface area contributed by atoms with Crippen LogP contribution >= 0.6 is 0 Å². The van der Waals surface area contributed by atoms with Crippen LogP contribution in [0.5, 0.6) is 0 Å². The number of nitrogens with zero attached hydrogens (tertiary/aromatic N) is 3. The Hall–Kier alpha value is -2.75. The number of hydrogen-bond donors (Lipinski definition) is 1. The maximum Gasteiger partial charge on any atom is 0.227 e. The predicted molar refractivity (Wildman–Crippen MR) is 75.0 cm³/mol. The number of nitrogens with one attached hydrogen (secondary N) is 1. The maximum absolute atomic E-state index is 4.49. The molecule has 3 rings (SSSR count). The third-order valence-electron chi connectivity index (χ3n) is 2.66. The van der Waals surface area contributed by atoms with Crippen LogP contribution < -0.4 is 5.32 Å².